The first-order valence-electron chi connectivity index (χ1n) is 8.61. The molecule has 6 heteroatoms. The van der Waals surface area contributed by atoms with Gasteiger partial charge in [0.1, 0.15) is 0 Å². The Kier molecular flexibility index (Phi) is 4.06. The topological polar surface area (TPSA) is 71.3 Å². The van der Waals surface area contributed by atoms with Gasteiger partial charge >= 0.3 is 0 Å². The van der Waals surface area contributed by atoms with Crippen molar-refractivity contribution in [1.82, 2.24) is 20.4 Å². The number of likely N-dealkylation sites (tertiary alicyclic amines) is 1. The van der Waals surface area contributed by atoms with E-state index in [0.29, 0.717) is 17.3 Å². The summed E-state index contributed by atoms with van der Waals surface area (Å²) < 4.78 is 5.43. The predicted octanol–water partition coefficient (Wildman–Crippen LogP) is 2.26. The molecule has 0 bridgehead atoms. The van der Waals surface area contributed by atoms with Crippen molar-refractivity contribution in [3.05, 3.63) is 35.7 Å². The van der Waals surface area contributed by atoms with Gasteiger partial charge in [-0.05, 0) is 43.4 Å². The Morgan fingerprint density at radius 1 is 1.33 bits per heavy atom. The number of amides is 1. The summed E-state index contributed by atoms with van der Waals surface area (Å²) >= 11 is 0. The summed E-state index contributed by atoms with van der Waals surface area (Å²) in [5.41, 5.74) is 1.40. The van der Waals surface area contributed by atoms with Gasteiger partial charge in [-0.3, -0.25) is 4.79 Å². The molecule has 1 saturated heterocycles. The lowest BCUT2D eigenvalue weighted by molar-refractivity contribution is 0.0937. The third-order valence-corrected chi connectivity index (χ3v) is 4.72. The quantitative estimate of drug-likeness (QED) is 0.912. The Morgan fingerprint density at radius 2 is 2.21 bits per heavy atom. The number of aryl methyl sites for hydroxylation is 1. The second-order valence-electron chi connectivity index (χ2n) is 6.87. The molecule has 2 aliphatic rings. The molecule has 1 aromatic heterocycles. The molecule has 1 amide bonds. The SMILES string of the molecule is Cc1nnc(-c2cccc(C(=O)N[C@@H]3CCN(CC4CC4)C3)c2)o1. The van der Waals surface area contributed by atoms with Gasteiger partial charge in [0.25, 0.3) is 5.91 Å². The maximum atomic E-state index is 12.5. The fraction of sp³-hybridized carbons (Fsp3) is 0.500. The van der Waals surface area contributed by atoms with Crippen LogP contribution in [0.15, 0.2) is 28.7 Å². The highest BCUT2D eigenvalue weighted by Gasteiger charge is 2.29. The zero-order valence-electron chi connectivity index (χ0n) is 13.9. The minimum absolute atomic E-state index is 0.0358. The molecule has 1 atom stereocenters. The fourth-order valence-corrected chi connectivity index (χ4v) is 3.26. The maximum Gasteiger partial charge on any atom is 0.251 e. The molecule has 1 aliphatic carbocycles. The van der Waals surface area contributed by atoms with Crippen molar-refractivity contribution >= 4 is 5.91 Å². The van der Waals surface area contributed by atoms with Crippen LogP contribution in [0.25, 0.3) is 11.5 Å². The van der Waals surface area contributed by atoms with E-state index in [2.05, 4.69) is 20.4 Å². The van der Waals surface area contributed by atoms with Gasteiger partial charge < -0.3 is 14.6 Å². The summed E-state index contributed by atoms with van der Waals surface area (Å²) in [6.45, 7) is 4.99. The number of aromatic nitrogens is 2. The lowest BCUT2D eigenvalue weighted by Gasteiger charge is -2.16. The molecule has 4 rings (SSSR count). The van der Waals surface area contributed by atoms with Gasteiger partial charge in [-0.25, -0.2) is 0 Å². The first-order valence-corrected chi connectivity index (χ1v) is 8.61. The highest BCUT2D eigenvalue weighted by Crippen LogP contribution is 2.30. The number of hydrogen-bond acceptors (Lipinski definition) is 5. The average molecular weight is 326 g/mol. The number of carbonyl (C=O) groups is 1. The summed E-state index contributed by atoms with van der Waals surface area (Å²) in [5.74, 6) is 1.82. The molecular weight excluding hydrogens is 304 g/mol. The number of rotatable bonds is 5. The highest BCUT2D eigenvalue weighted by molar-refractivity contribution is 5.95. The molecule has 1 aromatic carbocycles. The van der Waals surface area contributed by atoms with Crippen LogP contribution >= 0.6 is 0 Å². The Morgan fingerprint density at radius 3 is 2.96 bits per heavy atom. The Bertz CT molecular complexity index is 738. The van der Waals surface area contributed by atoms with Gasteiger partial charge in [0, 0.05) is 43.7 Å². The zero-order valence-corrected chi connectivity index (χ0v) is 13.9. The number of hydrogen-bond donors (Lipinski definition) is 1. The second-order valence-corrected chi connectivity index (χ2v) is 6.87. The van der Waals surface area contributed by atoms with Crippen molar-refractivity contribution in [3.8, 4) is 11.5 Å². The average Bonchev–Trinajstić information content (AvgIpc) is 3.11. The van der Waals surface area contributed by atoms with Crippen LogP contribution in [0.2, 0.25) is 0 Å². The first kappa shape index (κ1) is 15.3. The number of benzene rings is 1. The number of nitrogens with zero attached hydrogens (tertiary/aromatic N) is 3. The third kappa shape index (κ3) is 3.48. The van der Waals surface area contributed by atoms with Crippen LogP contribution in [0.5, 0.6) is 0 Å². The van der Waals surface area contributed by atoms with E-state index < -0.39 is 0 Å². The normalized spacial score (nSPS) is 21.1. The molecule has 1 saturated carbocycles. The van der Waals surface area contributed by atoms with Crippen LogP contribution in [0.3, 0.4) is 0 Å². The van der Waals surface area contributed by atoms with Gasteiger partial charge in [-0.15, -0.1) is 10.2 Å². The lowest BCUT2D eigenvalue weighted by atomic mass is 10.1. The van der Waals surface area contributed by atoms with Gasteiger partial charge in [-0.2, -0.15) is 0 Å². The van der Waals surface area contributed by atoms with E-state index in [9.17, 15) is 4.79 Å². The van der Waals surface area contributed by atoms with Crippen LogP contribution in [0.1, 0.15) is 35.5 Å². The van der Waals surface area contributed by atoms with Crippen molar-refractivity contribution in [3.63, 3.8) is 0 Å². The van der Waals surface area contributed by atoms with Crippen molar-refractivity contribution in [2.45, 2.75) is 32.2 Å². The molecule has 126 valence electrons. The lowest BCUT2D eigenvalue weighted by Crippen LogP contribution is -2.37. The predicted molar refractivity (Wildman–Crippen MR) is 89.5 cm³/mol. The van der Waals surface area contributed by atoms with Crippen LogP contribution < -0.4 is 5.32 Å². The van der Waals surface area contributed by atoms with Gasteiger partial charge in [0.05, 0.1) is 0 Å². The summed E-state index contributed by atoms with van der Waals surface area (Å²) in [6, 6.07) is 7.58. The monoisotopic (exact) mass is 326 g/mol. The third-order valence-electron chi connectivity index (χ3n) is 4.72. The minimum atomic E-state index is -0.0358. The molecule has 2 heterocycles. The van der Waals surface area contributed by atoms with E-state index >= 15 is 0 Å². The van der Waals surface area contributed by atoms with E-state index in [1.54, 1.807) is 13.0 Å². The standard InChI is InChI=1S/C18H22N4O2/c1-12-20-21-18(24-12)15-4-2-3-14(9-15)17(23)19-16-7-8-22(11-16)10-13-5-6-13/h2-4,9,13,16H,5-8,10-11H2,1H3,(H,19,23)/t16-/m1/s1. The summed E-state index contributed by atoms with van der Waals surface area (Å²) in [4.78, 5) is 15.0. The summed E-state index contributed by atoms with van der Waals surface area (Å²) in [7, 11) is 0. The molecule has 0 radical (unpaired) electrons. The first-order chi connectivity index (χ1) is 11.7. The van der Waals surface area contributed by atoms with Crippen LogP contribution in [-0.4, -0.2) is 46.7 Å². The molecule has 2 fully saturated rings. The van der Waals surface area contributed by atoms with Crippen molar-refractivity contribution < 1.29 is 9.21 Å². The van der Waals surface area contributed by atoms with E-state index in [1.165, 1.54) is 19.4 Å². The van der Waals surface area contributed by atoms with Crippen LogP contribution in [0, 0.1) is 12.8 Å². The van der Waals surface area contributed by atoms with Crippen LogP contribution in [-0.2, 0) is 0 Å². The molecule has 6 nitrogen and oxygen atoms in total. The maximum absolute atomic E-state index is 12.5. The van der Waals surface area contributed by atoms with E-state index in [4.69, 9.17) is 4.42 Å². The summed E-state index contributed by atoms with van der Waals surface area (Å²) in [6.07, 6.45) is 3.77. The van der Waals surface area contributed by atoms with Crippen molar-refractivity contribution in [2.75, 3.05) is 19.6 Å². The molecule has 0 spiro atoms. The van der Waals surface area contributed by atoms with Crippen molar-refractivity contribution in [1.29, 1.82) is 0 Å². The highest BCUT2D eigenvalue weighted by atomic mass is 16.4. The van der Waals surface area contributed by atoms with Gasteiger partial charge in [-0.1, -0.05) is 6.07 Å². The fourth-order valence-electron chi connectivity index (χ4n) is 3.26. The molecule has 2 aromatic rings. The Balaban J connectivity index is 1.39. The van der Waals surface area contributed by atoms with Gasteiger partial charge in [0.15, 0.2) is 0 Å². The van der Waals surface area contributed by atoms with E-state index in [-0.39, 0.29) is 11.9 Å². The minimum Gasteiger partial charge on any atom is -0.421 e. The largest absolute Gasteiger partial charge is 0.421 e. The zero-order chi connectivity index (χ0) is 16.5. The summed E-state index contributed by atoms with van der Waals surface area (Å²) in [5, 5.41) is 11.0. The van der Waals surface area contributed by atoms with E-state index in [0.717, 1.165) is 31.0 Å². The number of nitrogens with one attached hydrogen (secondary N) is 1. The molecule has 1 N–H and O–H groups in total. The van der Waals surface area contributed by atoms with E-state index in [1.807, 2.05) is 18.2 Å². The Hall–Kier alpha value is -2.21. The van der Waals surface area contributed by atoms with Gasteiger partial charge in [0.2, 0.25) is 11.8 Å². The van der Waals surface area contributed by atoms with Crippen LogP contribution in [0.4, 0.5) is 0 Å². The molecule has 24 heavy (non-hydrogen) atoms. The number of carbonyl (C=O) groups excluding carboxylic acids is 1. The second kappa shape index (κ2) is 6.36. The molecule has 1 aliphatic heterocycles. The Labute approximate surface area is 141 Å². The smallest absolute Gasteiger partial charge is 0.251 e. The van der Waals surface area contributed by atoms with Crippen molar-refractivity contribution in [2.24, 2.45) is 5.92 Å². The molecular formula is C18H22N4O2. The molecule has 0 unspecified atom stereocenters.